The van der Waals surface area contributed by atoms with E-state index in [0.717, 1.165) is 5.56 Å². The molecule has 7 nitrogen and oxygen atoms in total. The second-order valence-electron chi connectivity index (χ2n) is 5.55. The Morgan fingerprint density at radius 1 is 1.44 bits per heavy atom. The summed E-state index contributed by atoms with van der Waals surface area (Å²) in [6, 6.07) is 3.29. The fourth-order valence-electron chi connectivity index (χ4n) is 2.05. The van der Waals surface area contributed by atoms with E-state index in [4.69, 9.17) is 21.1 Å². The maximum absolute atomic E-state index is 12.4. The minimum absolute atomic E-state index is 0.131. The van der Waals surface area contributed by atoms with Crippen LogP contribution < -0.4 is 15.4 Å². The highest BCUT2D eigenvalue weighted by Crippen LogP contribution is 2.31. The highest BCUT2D eigenvalue weighted by Gasteiger charge is 2.22. The number of anilines is 2. The summed E-state index contributed by atoms with van der Waals surface area (Å²) in [6.07, 6.45) is 0.655. The number of hydrogen-bond acceptors (Lipinski definition) is 7. The fourth-order valence-corrected chi connectivity index (χ4v) is 2.89. The smallest absolute Gasteiger partial charge is 0.358 e. The Morgan fingerprint density at radius 2 is 2.19 bits per heavy atom. The van der Waals surface area contributed by atoms with Gasteiger partial charge in [0.05, 0.1) is 12.8 Å². The van der Waals surface area contributed by atoms with Crippen LogP contribution in [0.5, 0.6) is 5.75 Å². The molecule has 0 saturated carbocycles. The minimum atomic E-state index is -1.02. The molecule has 1 unspecified atom stereocenters. The molecule has 2 N–H and O–H groups in total. The summed E-state index contributed by atoms with van der Waals surface area (Å²) in [4.78, 5) is 28.7. The van der Waals surface area contributed by atoms with Crippen LogP contribution in [-0.2, 0) is 9.53 Å². The Morgan fingerprint density at radius 3 is 2.85 bits per heavy atom. The number of hydrogen-bond donors (Lipinski definition) is 2. The third-order valence-corrected chi connectivity index (χ3v) is 4.71. The normalized spacial score (nSPS) is 11.4. The number of aryl methyl sites for hydroxylation is 1. The number of aromatic nitrogens is 1. The van der Waals surface area contributed by atoms with Crippen molar-refractivity contribution in [1.29, 1.82) is 0 Å². The van der Waals surface area contributed by atoms with Crippen LogP contribution in [0.25, 0.3) is 0 Å². The van der Waals surface area contributed by atoms with Gasteiger partial charge in [-0.1, -0.05) is 17.7 Å². The molecule has 1 atom stereocenters. The van der Waals surface area contributed by atoms with Crippen LogP contribution in [0, 0.1) is 6.92 Å². The van der Waals surface area contributed by atoms with Gasteiger partial charge < -0.3 is 20.1 Å². The van der Waals surface area contributed by atoms with Gasteiger partial charge in [0.1, 0.15) is 5.75 Å². The van der Waals surface area contributed by atoms with E-state index in [1.54, 1.807) is 30.5 Å². The quantitative estimate of drug-likeness (QED) is 0.507. The summed E-state index contributed by atoms with van der Waals surface area (Å²) in [5, 5.41) is 8.31. The second-order valence-corrected chi connectivity index (χ2v) is 6.81. The van der Waals surface area contributed by atoms with Crippen LogP contribution in [0.15, 0.2) is 30.2 Å². The van der Waals surface area contributed by atoms with Crippen molar-refractivity contribution in [3.8, 4) is 5.75 Å². The highest BCUT2D eigenvalue weighted by molar-refractivity contribution is 7.13. The van der Waals surface area contributed by atoms with Crippen LogP contribution in [0.4, 0.5) is 10.8 Å². The number of carbonyl (C=O) groups excluding carboxylic acids is 2. The van der Waals surface area contributed by atoms with Crippen LogP contribution in [0.2, 0.25) is 5.02 Å². The summed E-state index contributed by atoms with van der Waals surface area (Å²) in [6.45, 7) is 7.41. The number of esters is 1. The van der Waals surface area contributed by atoms with Gasteiger partial charge in [-0.25, -0.2) is 9.78 Å². The molecule has 2 aromatic rings. The Hall–Kier alpha value is -2.58. The Labute approximate surface area is 166 Å². The van der Waals surface area contributed by atoms with Gasteiger partial charge in [0.2, 0.25) is 0 Å². The number of rotatable bonds is 8. The average molecular weight is 410 g/mol. The first kappa shape index (κ1) is 20.7. The molecule has 27 heavy (non-hydrogen) atoms. The number of methoxy groups -OCH3 is 1. The molecule has 9 heteroatoms. The lowest BCUT2D eigenvalue weighted by Gasteiger charge is -2.15. The third-order valence-electron chi connectivity index (χ3n) is 3.50. The number of thiazole rings is 1. The van der Waals surface area contributed by atoms with E-state index in [2.05, 4.69) is 22.2 Å². The van der Waals surface area contributed by atoms with Crippen LogP contribution >= 0.6 is 22.9 Å². The largest absolute Gasteiger partial charge is 0.495 e. The van der Waals surface area contributed by atoms with Gasteiger partial charge in [-0.05, 0) is 25.5 Å². The Balaban J connectivity index is 2.01. The molecule has 2 rings (SSSR count). The molecule has 0 saturated heterocycles. The first-order chi connectivity index (χ1) is 12.8. The standard InChI is InChI=1S/C18H20ClN3O4S/c1-5-6-20-18-22-14(9-27-18)17(24)26-11(3)16(23)21-13-7-10(2)12(19)8-15(13)25-4/h5,7-9,11H,1,6H2,2-4H3,(H,20,22)(H,21,23). The van der Waals surface area contributed by atoms with E-state index < -0.39 is 18.0 Å². The fraction of sp³-hybridized carbons (Fsp3) is 0.278. The average Bonchev–Trinajstić information content (AvgIpc) is 3.11. The van der Waals surface area contributed by atoms with Gasteiger partial charge in [-0.3, -0.25) is 4.79 Å². The van der Waals surface area contributed by atoms with Crippen molar-refractivity contribution >= 4 is 45.6 Å². The van der Waals surface area contributed by atoms with Crippen LogP contribution in [-0.4, -0.2) is 36.6 Å². The Bertz CT molecular complexity index is 853. The molecule has 0 radical (unpaired) electrons. The number of benzene rings is 1. The van der Waals surface area contributed by atoms with Gasteiger partial charge in [0.15, 0.2) is 16.9 Å². The summed E-state index contributed by atoms with van der Waals surface area (Å²) in [5.74, 6) is -0.765. The zero-order valence-electron chi connectivity index (χ0n) is 15.2. The van der Waals surface area contributed by atoms with Crippen molar-refractivity contribution < 1.29 is 19.1 Å². The summed E-state index contributed by atoms with van der Waals surface area (Å²) < 4.78 is 10.4. The van der Waals surface area contributed by atoms with E-state index in [9.17, 15) is 9.59 Å². The maximum Gasteiger partial charge on any atom is 0.358 e. The molecule has 0 aliphatic heterocycles. The third kappa shape index (κ3) is 5.45. The molecule has 0 bridgehead atoms. The number of halogens is 1. The summed E-state index contributed by atoms with van der Waals surface area (Å²) in [7, 11) is 1.47. The summed E-state index contributed by atoms with van der Waals surface area (Å²) >= 11 is 7.32. The number of ether oxygens (including phenoxy) is 2. The van der Waals surface area contributed by atoms with E-state index in [0.29, 0.717) is 28.1 Å². The molecular weight excluding hydrogens is 390 g/mol. The van der Waals surface area contributed by atoms with Crippen LogP contribution in [0.1, 0.15) is 23.0 Å². The molecule has 1 amide bonds. The summed E-state index contributed by atoms with van der Waals surface area (Å²) in [5.41, 5.74) is 1.35. The van der Waals surface area contributed by atoms with E-state index in [-0.39, 0.29) is 5.69 Å². The molecule has 0 aliphatic carbocycles. The van der Waals surface area contributed by atoms with Crippen molar-refractivity contribution in [2.75, 3.05) is 24.3 Å². The maximum atomic E-state index is 12.4. The molecule has 144 valence electrons. The van der Waals surface area contributed by atoms with Crippen molar-refractivity contribution in [3.05, 3.63) is 46.4 Å². The van der Waals surface area contributed by atoms with Crippen molar-refractivity contribution in [1.82, 2.24) is 4.98 Å². The van der Waals surface area contributed by atoms with Gasteiger partial charge in [0, 0.05) is 23.0 Å². The zero-order valence-corrected chi connectivity index (χ0v) is 16.7. The van der Waals surface area contributed by atoms with Crippen LogP contribution in [0.3, 0.4) is 0 Å². The number of nitrogens with one attached hydrogen (secondary N) is 2. The number of nitrogens with zero attached hydrogens (tertiary/aromatic N) is 1. The topological polar surface area (TPSA) is 89.5 Å². The van der Waals surface area contributed by atoms with Crippen molar-refractivity contribution in [3.63, 3.8) is 0 Å². The monoisotopic (exact) mass is 409 g/mol. The number of amides is 1. The lowest BCUT2D eigenvalue weighted by atomic mass is 10.2. The highest BCUT2D eigenvalue weighted by atomic mass is 35.5. The molecule has 0 spiro atoms. The molecule has 1 heterocycles. The lowest BCUT2D eigenvalue weighted by Crippen LogP contribution is -2.30. The predicted molar refractivity (Wildman–Crippen MR) is 107 cm³/mol. The molecule has 0 aliphatic rings. The van der Waals surface area contributed by atoms with Crippen molar-refractivity contribution in [2.45, 2.75) is 20.0 Å². The minimum Gasteiger partial charge on any atom is -0.495 e. The van der Waals surface area contributed by atoms with Gasteiger partial charge >= 0.3 is 5.97 Å². The van der Waals surface area contributed by atoms with Gasteiger partial charge in [-0.15, -0.1) is 17.9 Å². The SMILES string of the molecule is C=CCNc1nc(C(=O)OC(C)C(=O)Nc2cc(C)c(Cl)cc2OC)cs1. The molecule has 1 aromatic heterocycles. The number of carbonyl (C=O) groups is 2. The van der Waals surface area contributed by atoms with Gasteiger partial charge in [-0.2, -0.15) is 0 Å². The van der Waals surface area contributed by atoms with E-state index in [1.807, 2.05) is 0 Å². The first-order valence-corrected chi connectivity index (χ1v) is 9.27. The predicted octanol–water partition coefficient (Wildman–Crippen LogP) is 3.90. The van der Waals surface area contributed by atoms with Gasteiger partial charge in [0.25, 0.3) is 5.91 Å². The lowest BCUT2D eigenvalue weighted by molar-refractivity contribution is -0.123. The Kier molecular flexibility index (Phi) is 7.20. The van der Waals surface area contributed by atoms with E-state index >= 15 is 0 Å². The zero-order chi connectivity index (χ0) is 20.0. The molecule has 0 fully saturated rings. The second kappa shape index (κ2) is 9.38. The van der Waals surface area contributed by atoms with E-state index in [1.165, 1.54) is 25.4 Å². The van der Waals surface area contributed by atoms with Crippen molar-refractivity contribution in [2.24, 2.45) is 0 Å². The first-order valence-electron chi connectivity index (χ1n) is 8.02. The molecular formula is C18H20ClN3O4S. The molecule has 1 aromatic carbocycles.